The predicted molar refractivity (Wildman–Crippen MR) is 106 cm³/mol. The molecule has 6 heteroatoms. The smallest absolute Gasteiger partial charge is 0.219 e. The van der Waals surface area contributed by atoms with Crippen molar-refractivity contribution in [1.82, 2.24) is 4.98 Å². The molecule has 1 heterocycles. The van der Waals surface area contributed by atoms with Crippen LogP contribution in [0, 0.1) is 11.3 Å². The fourth-order valence-corrected chi connectivity index (χ4v) is 2.06. The van der Waals surface area contributed by atoms with Crippen LogP contribution in [0.2, 0.25) is 0 Å². The highest BCUT2D eigenvalue weighted by molar-refractivity contribution is 5.69. The van der Waals surface area contributed by atoms with E-state index in [9.17, 15) is 0 Å². The molecule has 6 nitrogen and oxygen atoms in total. The van der Waals surface area contributed by atoms with Crippen molar-refractivity contribution in [2.24, 2.45) is 17.2 Å². The van der Waals surface area contributed by atoms with Gasteiger partial charge in [-0.1, -0.05) is 26.8 Å². The van der Waals surface area contributed by atoms with Crippen molar-refractivity contribution in [3.63, 3.8) is 0 Å². The number of pyridine rings is 1. The molecule has 1 aromatic heterocycles. The molecule has 142 valence electrons. The van der Waals surface area contributed by atoms with Gasteiger partial charge in [-0.05, 0) is 42.4 Å². The first-order valence-electron chi connectivity index (χ1n) is 8.90. The monoisotopic (exact) mass is 358 g/mol. The Hall–Kier alpha value is -2.31. The van der Waals surface area contributed by atoms with E-state index in [4.69, 9.17) is 21.4 Å². The van der Waals surface area contributed by atoms with Gasteiger partial charge in [0.15, 0.2) is 0 Å². The molecule has 1 aliphatic carbocycles. The van der Waals surface area contributed by atoms with Crippen molar-refractivity contribution in [3.8, 4) is 11.6 Å². The van der Waals surface area contributed by atoms with Crippen LogP contribution in [0.25, 0.3) is 0 Å². The highest BCUT2D eigenvalue weighted by atomic mass is 16.5. The Bertz CT molecular complexity index is 682. The molecule has 2 aromatic rings. The molecule has 0 spiro atoms. The van der Waals surface area contributed by atoms with Crippen molar-refractivity contribution in [3.05, 3.63) is 42.6 Å². The molecule has 0 amide bonds. The number of nitrogens with two attached hydrogens (primary N) is 2. The highest BCUT2D eigenvalue weighted by Crippen LogP contribution is 2.33. The summed E-state index contributed by atoms with van der Waals surface area (Å²) in [5.74, 6) is 7.95. The van der Waals surface area contributed by atoms with Crippen molar-refractivity contribution >= 4 is 11.4 Å². The number of hydrazine groups is 1. The van der Waals surface area contributed by atoms with Crippen LogP contribution in [0.1, 0.15) is 33.6 Å². The Morgan fingerprint density at radius 2 is 1.92 bits per heavy atom. The molecule has 0 atom stereocenters. The Labute approximate surface area is 155 Å². The lowest BCUT2D eigenvalue weighted by Crippen LogP contribution is -2.33. The number of nitrogens with zero attached hydrogens (tertiary/aromatic N) is 2. The van der Waals surface area contributed by atoms with Crippen LogP contribution < -0.4 is 21.3 Å². The van der Waals surface area contributed by atoms with Gasteiger partial charge in [-0.3, -0.25) is 0 Å². The molecule has 0 bridgehead atoms. The van der Waals surface area contributed by atoms with Gasteiger partial charge >= 0.3 is 0 Å². The lowest BCUT2D eigenvalue weighted by Gasteiger charge is -2.20. The van der Waals surface area contributed by atoms with E-state index < -0.39 is 0 Å². The van der Waals surface area contributed by atoms with Gasteiger partial charge in [0.25, 0.3) is 0 Å². The number of aliphatic hydroxyl groups is 1. The molecule has 0 unspecified atom stereocenters. The van der Waals surface area contributed by atoms with Crippen molar-refractivity contribution in [2.45, 2.75) is 33.6 Å². The number of rotatable bonds is 5. The minimum Gasteiger partial charge on any atom is -0.439 e. The minimum absolute atomic E-state index is 0.0972. The van der Waals surface area contributed by atoms with Crippen molar-refractivity contribution in [1.29, 1.82) is 0 Å². The topological polar surface area (TPSA) is 97.6 Å². The van der Waals surface area contributed by atoms with Crippen LogP contribution in [-0.2, 0) is 0 Å². The fraction of sp³-hybridized carbons (Fsp3) is 0.450. The van der Waals surface area contributed by atoms with Crippen LogP contribution in [0.15, 0.2) is 42.6 Å². The largest absolute Gasteiger partial charge is 0.439 e. The van der Waals surface area contributed by atoms with Crippen LogP contribution >= 0.6 is 0 Å². The second-order valence-corrected chi connectivity index (χ2v) is 7.81. The Balaban J connectivity index is 0.000000352. The number of ether oxygens (including phenoxy) is 1. The number of nitrogen functional groups attached to an aromatic ring is 1. The summed E-state index contributed by atoms with van der Waals surface area (Å²) in [4.78, 5) is 4.11. The molecule has 0 radical (unpaired) electrons. The molecular formula is C20H30N4O2. The summed E-state index contributed by atoms with van der Waals surface area (Å²) in [6.45, 7) is 7.10. The molecule has 1 saturated carbocycles. The first kappa shape index (κ1) is 20.0. The average molecular weight is 358 g/mol. The Kier molecular flexibility index (Phi) is 6.83. The molecule has 1 aromatic carbocycles. The van der Waals surface area contributed by atoms with E-state index >= 15 is 0 Å². The normalized spacial score (nSPS) is 13.6. The van der Waals surface area contributed by atoms with E-state index in [1.165, 1.54) is 12.8 Å². The van der Waals surface area contributed by atoms with E-state index in [0.717, 1.165) is 12.2 Å². The SMILES string of the molecule is CC(C)(C)CO.Nc1cc(Oc2ccccn2)ccc1N(N)CC1CC1. The maximum atomic E-state index is 8.40. The van der Waals surface area contributed by atoms with Crippen LogP contribution in [-0.4, -0.2) is 23.2 Å². The lowest BCUT2D eigenvalue weighted by atomic mass is 9.99. The van der Waals surface area contributed by atoms with E-state index in [0.29, 0.717) is 23.2 Å². The summed E-state index contributed by atoms with van der Waals surface area (Å²) >= 11 is 0. The van der Waals surface area contributed by atoms with E-state index in [-0.39, 0.29) is 12.0 Å². The second-order valence-electron chi connectivity index (χ2n) is 7.81. The average Bonchev–Trinajstić information content (AvgIpc) is 3.39. The summed E-state index contributed by atoms with van der Waals surface area (Å²) in [5, 5.41) is 10.1. The zero-order valence-corrected chi connectivity index (χ0v) is 15.9. The number of aliphatic hydroxyl groups excluding tert-OH is 1. The van der Waals surface area contributed by atoms with Gasteiger partial charge in [-0.25, -0.2) is 10.8 Å². The molecule has 0 aliphatic heterocycles. The number of hydrogen-bond donors (Lipinski definition) is 3. The third-order valence-corrected chi connectivity index (χ3v) is 3.79. The summed E-state index contributed by atoms with van der Waals surface area (Å²) < 4.78 is 5.64. The first-order chi connectivity index (χ1) is 12.3. The van der Waals surface area contributed by atoms with Gasteiger partial charge in [0.05, 0.1) is 11.4 Å². The maximum Gasteiger partial charge on any atom is 0.219 e. The predicted octanol–water partition coefficient (Wildman–Crippen LogP) is 3.57. The minimum atomic E-state index is 0.0972. The fourth-order valence-electron chi connectivity index (χ4n) is 2.06. The molecular weight excluding hydrogens is 328 g/mol. The van der Waals surface area contributed by atoms with Gasteiger partial charge < -0.3 is 20.6 Å². The molecule has 26 heavy (non-hydrogen) atoms. The Morgan fingerprint density at radius 1 is 1.23 bits per heavy atom. The van der Waals surface area contributed by atoms with Crippen LogP contribution in [0.3, 0.4) is 0 Å². The molecule has 3 rings (SSSR count). The van der Waals surface area contributed by atoms with E-state index in [2.05, 4.69) is 4.98 Å². The quantitative estimate of drug-likeness (QED) is 0.429. The molecule has 5 N–H and O–H groups in total. The maximum absolute atomic E-state index is 8.40. The van der Waals surface area contributed by atoms with Gasteiger partial charge in [0.1, 0.15) is 5.75 Å². The number of hydrogen-bond acceptors (Lipinski definition) is 6. The Morgan fingerprint density at radius 3 is 2.42 bits per heavy atom. The third kappa shape index (κ3) is 6.90. The molecule has 1 fully saturated rings. The van der Waals surface area contributed by atoms with Crippen molar-refractivity contribution < 1.29 is 9.84 Å². The summed E-state index contributed by atoms with van der Waals surface area (Å²) in [6.07, 6.45) is 4.20. The molecule has 1 aliphatic rings. The third-order valence-electron chi connectivity index (χ3n) is 3.79. The number of anilines is 2. The van der Waals surface area contributed by atoms with Gasteiger partial charge in [0, 0.05) is 31.5 Å². The van der Waals surface area contributed by atoms with Gasteiger partial charge in [0.2, 0.25) is 5.88 Å². The summed E-state index contributed by atoms with van der Waals surface area (Å²) in [6, 6.07) is 11.0. The second kappa shape index (κ2) is 8.87. The summed E-state index contributed by atoms with van der Waals surface area (Å²) in [7, 11) is 0. The summed E-state index contributed by atoms with van der Waals surface area (Å²) in [5.41, 5.74) is 7.60. The standard InChI is InChI=1S/C15H18N4O.C5H12O/c16-13-9-12(20-15-3-1-2-8-18-15)6-7-14(13)19(17)10-11-4-5-11;1-5(2,3)4-6/h1-3,6-9,11H,4-5,10,16-17H2;6H,4H2,1-3H3. The van der Waals surface area contributed by atoms with Crippen LogP contribution in [0.4, 0.5) is 11.4 Å². The first-order valence-corrected chi connectivity index (χ1v) is 8.90. The lowest BCUT2D eigenvalue weighted by molar-refractivity contribution is 0.177. The van der Waals surface area contributed by atoms with Crippen LogP contribution in [0.5, 0.6) is 11.6 Å². The van der Waals surface area contributed by atoms with E-state index in [1.807, 2.05) is 45.0 Å². The zero-order chi connectivity index (χ0) is 19.2. The van der Waals surface area contributed by atoms with E-state index in [1.54, 1.807) is 23.3 Å². The highest BCUT2D eigenvalue weighted by Gasteiger charge is 2.24. The number of benzene rings is 1. The zero-order valence-electron chi connectivity index (χ0n) is 15.9. The van der Waals surface area contributed by atoms with Crippen molar-refractivity contribution in [2.75, 3.05) is 23.9 Å². The molecule has 0 saturated heterocycles. The van der Waals surface area contributed by atoms with Gasteiger partial charge in [-0.2, -0.15) is 0 Å². The number of aromatic nitrogens is 1. The van der Waals surface area contributed by atoms with Gasteiger partial charge in [-0.15, -0.1) is 0 Å².